The maximum Gasteiger partial charge on any atom is 0.257 e. The summed E-state index contributed by atoms with van der Waals surface area (Å²) in [5.74, 6) is 0.494. The number of carbonyl (C=O) groups excluding carboxylic acids is 1. The van der Waals surface area contributed by atoms with Crippen LogP contribution < -0.4 is 10.1 Å². The molecule has 0 unspecified atom stereocenters. The summed E-state index contributed by atoms with van der Waals surface area (Å²) in [6.07, 6.45) is 3.16. The molecule has 0 radical (unpaired) electrons. The van der Waals surface area contributed by atoms with Crippen LogP contribution in [0.3, 0.4) is 0 Å². The molecule has 5 nitrogen and oxygen atoms in total. The molecule has 0 fully saturated rings. The SMILES string of the molecule is COc1cccc2sc(NC(=O)c3ccncc3)nc12. The lowest BCUT2D eigenvalue weighted by Crippen LogP contribution is -2.11. The third-order valence-electron chi connectivity index (χ3n) is 2.76. The van der Waals surface area contributed by atoms with E-state index < -0.39 is 0 Å². The van der Waals surface area contributed by atoms with Gasteiger partial charge in [-0.25, -0.2) is 4.98 Å². The Morgan fingerprint density at radius 1 is 1.25 bits per heavy atom. The fourth-order valence-electron chi connectivity index (χ4n) is 1.81. The van der Waals surface area contributed by atoms with Crippen molar-refractivity contribution in [1.82, 2.24) is 9.97 Å². The number of hydrogen-bond donors (Lipinski definition) is 1. The number of amides is 1. The summed E-state index contributed by atoms with van der Waals surface area (Å²) in [5.41, 5.74) is 1.30. The van der Waals surface area contributed by atoms with Crippen molar-refractivity contribution in [2.24, 2.45) is 0 Å². The molecule has 0 aliphatic heterocycles. The molecular formula is C14H11N3O2S. The number of nitrogens with one attached hydrogen (secondary N) is 1. The highest BCUT2D eigenvalue weighted by Crippen LogP contribution is 2.32. The van der Waals surface area contributed by atoms with Gasteiger partial charge in [0.15, 0.2) is 5.13 Å². The van der Waals surface area contributed by atoms with Crippen LogP contribution in [-0.2, 0) is 0 Å². The van der Waals surface area contributed by atoms with Gasteiger partial charge in [0.2, 0.25) is 0 Å². The van der Waals surface area contributed by atoms with Gasteiger partial charge in [0.1, 0.15) is 11.3 Å². The molecule has 0 saturated heterocycles. The Bertz CT molecular complexity index is 755. The minimum absolute atomic E-state index is 0.203. The van der Waals surface area contributed by atoms with Crippen LogP contribution in [0.1, 0.15) is 10.4 Å². The second-order valence-electron chi connectivity index (χ2n) is 4.02. The number of fused-ring (bicyclic) bond motifs is 1. The number of aromatic nitrogens is 2. The fraction of sp³-hybridized carbons (Fsp3) is 0.0714. The summed E-state index contributed by atoms with van der Waals surface area (Å²) in [6, 6.07) is 8.99. The zero-order valence-corrected chi connectivity index (χ0v) is 11.5. The average Bonchev–Trinajstić information content (AvgIpc) is 2.90. The Hall–Kier alpha value is -2.47. The molecule has 0 bridgehead atoms. The standard InChI is InChI=1S/C14H11N3O2S/c1-19-10-3-2-4-11-12(10)16-14(20-11)17-13(18)9-5-7-15-8-6-9/h2-8H,1H3,(H,16,17,18). The van der Waals surface area contributed by atoms with E-state index in [1.165, 1.54) is 11.3 Å². The monoisotopic (exact) mass is 285 g/mol. The highest BCUT2D eigenvalue weighted by Gasteiger charge is 2.11. The first-order valence-electron chi connectivity index (χ1n) is 5.93. The van der Waals surface area contributed by atoms with Gasteiger partial charge in [0.05, 0.1) is 11.8 Å². The quantitative estimate of drug-likeness (QED) is 0.803. The van der Waals surface area contributed by atoms with Crippen LogP contribution in [0.2, 0.25) is 0 Å². The summed E-state index contributed by atoms with van der Waals surface area (Å²) in [4.78, 5) is 20.3. The van der Waals surface area contributed by atoms with Crippen molar-refractivity contribution < 1.29 is 9.53 Å². The van der Waals surface area contributed by atoms with E-state index in [9.17, 15) is 4.79 Å². The number of benzene rings is 1. The smallest absolute Gasteiger partial charge is 0.257 e. The molecule has 0 atom stereocenters. The zero-order chi connectivity index (χ0) is 13.9. The Kier molecular flexibility index (Phi) is 3.30. The topological polar surface area (TPSA) is 64.1 Å². The number of carbonyl (C=O) groups is 1. The number of nitrogens with zero attached hydrogens (tertiary/aromatic N) is 2. The van der Waals surface area contributed by atoms with E-state index in [1.807, 2.05) is 18.2 Å². The number of para-hydroxylation sites is 1. The van der Waals surface area contributed by atoms with Crippen molar-refractivity contribution in [3.63, 3.8) is 0 Å². The van der Waals surface area contributed by atoms with E-state index >= 15 is 0 Å². The van der Waals surface area contributed by atoms with Crippen molar-refractivity contribution in [3.8, 4) is 5.75 Å². The summed E-state index contributed by atoms with van der Waals surface area (Å²) in [6.45, 7) is 0. The summed E-state index contributed by atoms with van der Waals surface area (Å²) in [7, 11) is 1.60. The number of anilines is 1. The molecule has 3 aromatic rings. The van der Waals surface area contributed by atoms with Gasteiger partial charge >= 0.3 is 0 Å². The first kappa shape index (κ1) is 12.6. The third kappa shape index (κ3) is 2.33. The minimum atomic E-state index is -0.203. The van der Waals surface area contributed by atoms with Gasteiger partial charge in [-0.2, -0.15) is 0 Å². The summed E-state index contributed by atoms with van der Waals surface area (Å²) >= 11 is 1.41. The van der Waals surface area contributed by atoms with E-state index in [2.05, 4.69) is 15.3 Å². The zero-order valence-electron chi connectivity index (χ0n) is 10.7. The second-order valence-corrected chi connectivity index (χ2v) is 5.05. The first-order chi connectivity index (χ1) is 9.78. The van der Waals surface area contributed by atoms with Crippen molar-refractivity contribution in [2.45, 2.75) is 0 Å². The maximum absolute atomic E-state index is 12.0. The van der Waals surface area contributed by atoms with Gasteiger partial charge in [-0.05, 0) is 24.3 Å². The van der Waals surface area contributed by atoms with E-state index in [0.29, 0.717) is 16.4 Å². The van der Waals surface area contributed by atoms with E-state index in [4.69, 9.17) is 4.74 Å². The molecule has 2 heterocycles. The molecule has 0 saturated carbocycles. The van der Waals surface area contributed by atoms with Crippen LogP contribution in [0.25, 0.3) is 10.2 Å². The molecule has 0 spiro atoms. The predicted molar refractivity (Wildman–Crippen MR) is 78.4 cm³/mol. The van der Waals surface area contributed by atoms with Gasteiger partial charge in [0.25, 0.3) is 5.91 Å². The number of methoxy groups -OCH3 is 1. The molecule has 100 valence electrons. The lowest BCUT2D eigenvalue weighted by molar-refractivity contribution is 0.102. The van der Waals surface area contributed by atoms with E-state index in [-0.39, 0.29) is 5.91 Å². The number of thiazole rings is 1. The Labute approximate surface area is 119 Å². The molecule has 1 N–H and O–H groups in total. The van der Waals surface area contributed by atoms with Gasteiger partial charge in [-0.1, -0.05) is 17.4 Å². The summed E-state index contributed by atoms with van der Waals surface area (Å²) < 4.78 is 6.22. The third-order valence-corrected chi connectivity index (χ3v) is 3.70. The minimum Gasteiger partial charge on any atom is -0.494 e. The Morgan fingerprint density at radius 2 is 2.05 bits per heavy atom. The molecule has 0 aliphatic carbocycles. The molecule has 2 aromatic heterocycles. The number of rotatable bonds is 3. The highest BCUT2D eigenvalue weighted by molar-refractivity contribution is 7.22. The average molecular weight is 285 g/mol. The Morgan fingerprint density at radius 3 is 2.80 bits per heavy atom. The van der Waals surface area contributed by atoms with Gasteiger partial charge in [0, 0.05) is 18.0 Å². The normalized spacial score (nSPS) is 10.4. The van der Waals surface area contributed by atoms with Crippen LogP contribution in [0.5, 0.6) is 5.75 Å². The van der Waals surface area contributed by atoms with Crippen molar-refractivity contribution in [2.75, 3.05) is 12.4 Å². The van der Waals surface area contributed by atoms with Crippen LogP contribution in [0, 0.1) is 0 Å². The molecule has 1 aromatic carbocycles. The van der Waals surface area contributed by atoms with Gasteiger partial charge in [-0.15, -0.1) is 0 Å². The van der Waals surface area contributed by atoms with Gasteiger partial charge in [-0.3, -0.25) is 15.1 Å². The fourth-order valence-corrected chi connectivity index (χ4v) is 2.69. The Balaban J connectivity index is 1.90. The molecule has 0 aliphatic rings. The number of ether oxygens (including phenoxy) is 1. The van der Waals surface area contributed by atoms with Crippen molar-refractivity contribution >= 4 is 32.6 Å². The van der Waals surface area contributed by atoms with Crippen molar-refractivity contribution in [3.05, 3.63) is 48.3 Å². The maximum atomic E-state index is 12.0. The molecular weight excluding hydrogens is 274 g/mol. The van der Waals surface area contributed by atoms with E-state index in [0.717, 1.165) is 10.2 Å². The molecule has 1 amide bonds. The largest absolute Gasteiger partial charge is 0.494 e. The van der Waals surface area contributed by atoms with Crippen molar-refractivity contribution in [1.29, 1.82) is 0 Å². The molecule has 20 heavy (non-hydrogen) atoms. The molecule has 6 heteroatoms. The lowest BCUT2D eigenvalue weighted by atomic mass is 10.2. The van der Waals surface area contributed by atoms with Crippen LogP contribution in [0.15, 0.2) is 42.7 Å². The molecule has 3 rings (SSSR count). The lowest BCUT2D eigenvalue weighted by Gasteiger charge is -2.00. The van der Waals surface area contributed by atoms with Crippen LogP contribution in [-0.4, -0.2) is 23.0 Å². The van der Waals surface area contributed by atoms with Gasteiger partial charge < -0.3 is 4.74 Å². The number of hydrogen-bond acceptors (Lipinski definition) is 5. The first-order valence-corrected chi connectivity index (χ1v) is 6.74. The number of pyridine rings is 1. The van der Waals surface area contributed by atoms with Crippen LogP contribution >= 0.6 is 11.3 Å². The summed E-state index contributed by atoms with van der Waals surface area (Å²) in [5, 5.41) is 3.33. The van der Waals surface area contributed by atoms with Crippen LogP contribution in [0.4, 0.5) is 5.13 Å². The predicted octanol–water partition coefficient (Wildman–Crippen LogP) is 2.95. The van der Waals surface area contributed by atoms with E-state index in [1.54, 1.807) is 31.6 Å². The second kappa shape index (κ2) is 5.26. The highest BCUT2D eigenvalue weighted by atomic mass is 32.1.